The zero-order chi connectivity index (χ0) is 42.4. The molecule has 300 valence electrons. The Bertz CT molecular complexity index is 3630. The summed E-state index contributed by atoms with van der Waals surface area (Å²) in [5.74, 6) is 0. The van der Waals surface area contributed by atoms with Gasteiger partial charge in [-0.2, -0.15) is 0 Å². The first kappa shape index (κ1) is 37.3. The lowest BCUT2D eigenvalue weighted by molar-refractivity contribution is 1.19. The van der Waals surface area contributed by atoms with Gasteiger partial charge in [-0.25, -0.2) is 0 Å². The second kappa shape index (κ2) is 15.8. The molecule has 1 aromatic heterocycles. The smallest absolute Gasteiger partial charge is 0.0619 e. The lowest BCUT2D eigenvalue weighted by atomic mass is 9.93. The second-order valence-corrected chi connectivity index (χ2v) is 16.5. The highest BCUT2D eigenvalue weighted by atomic mass is 15.1. The Hall–Kier alpha value is -8.46. The lowest BCUT2D eigenvalue weighted by Crippen LogP contribution is -2.10. The van der Waals surface area contributed by atoms with Crippen LogP contribution in [0.25, 0.3) is 93.5 Å². The van der Waals surface area contributed by atoms with Crippen LogP contribution in [0.15, 0.2) is 255 Å². The highest BCUT2D eigenvalue weighted by molar-refractivity contribution is 6.19. The molecule has 1 heterocycles. The van der Waals surface area contributed by atoms with E-state index in [1.165, 1.54) is 82.3 Å². The van der Waals surface area contributed by atoms with Gasteiger partial charge in [0.1, 0.15) is 0 Å². The van der Waals surface area contributed by atoms with Gasteiger partial charge in [-0.05, 0) is 121 Å². The summed E-state index contributed by atoms with van der Waals surface area (Å²) in [4.78, 5) is 2.39. The molecule has 0 N–H and O–H groups in total. The number of rotatable bonds is 8. The Morgan fingerprint density at radius 3 is 1.45 bits per heavy atom. The van der Waals surface area contributed by atoms with Gasteiger partial charge in [0.15, 0.2) is 0 Å². The van der Waals surface area contributed by atoms with Crippen LogP contribution in [0.2, 0.25) is 0 Å². The van der Waals surface area contributed by atoms with Crippen molar-refractivity contribution >= 4 is 60.4 Å². The molecular formula is C62H42N2. The number of nitrogens with zero attached hydrogens (tertiary/aromatic N) is 2. The Kier molecular flexibility index (Phi) is 9.20. The van der Waals surface area contributed by atoms with Crippen molar-refractivity contribution in [2.24, 2.45) is 0 Å². The fourth-order valence-electron chi connectivity index (χ4n) is 9.62. The Balaban J connectivity index is 0.987. The molecule has 0 bridgehead atoms. The molecule has 0 saturated carbocycles. The number of hydrogen-bond acceptors (Lipinski definition) is 1. The predicted octanol–water partition coefficient (Wildman–Crippen LogP) is 17.2. The average Bonchev–Trinajstić information content (AvgIpc) is 3.72. The number of aromatic nitrogens is 1. The summed E-state index contributed by atoms with van der Waals surface area (Å²) in [5.41, 5.74) is 16.3. The van der Waals surface area contributed by atoms with Gasteiger partial charge in [0.25, 0.3) is 0 Å². The predicted molar refractivity (Wildman–Crippen MR) is 272 cm³/mol. The van der Waals surface area contributed by atoms with E-state index in [1.54, 1.807) is 0 Å². The molecule has 2 nitrogen and oxygen atoms in total. The van der Waals surface area contributed by atoms with Crippen molar-refractivity contribution in [1.82, 2.24) is 4.57 Å². The van der Waals surface area contributed by atoms with Crippen molar-refractivity contribution in [3.05, 3.63) is 255 Å². The minimum absolute atomic E-state index is 1.08. The van der Waals surface area contributed by atoms with Gasteiger partial charge in [-0.3, -0.25) is 0 Å². The van der Waals surface area contributed by atoms with Gasteiger partial charge >= 0.3 is 0 Å². The SMILES string of the molecule is c1ccc(-c2ccc(N(c3ccc(-c4ccc5ccccc5c4)cc3)c3ccc(-c4ccc5c6ccc7ccccc7c6n(-c6ccccc6)c5c4)cc3)cc2-c2ccccc2)cc1. The van der Waals surface area contributed by atoms with Crippen molar-refractivity contribution < 1.29 is 0 Å². The summed E-state index contributed by atoms with van der Waals surface area (Å²) in [6.45, 7) is 0. The van der Waals surface area contributed by atoms with Crippen LogP contribution < -0.4 is 4.90 Å². The Morgan fingerprint density at radius 2 is 0.766 bits per heavy atom. The van der Waals surface area contributed by atoms with Crippen LogP contribution in [-0.4, -0.2) is 4.57 Å². The molecule has 0 spiro atoms. The molecule has 0 radical (unpaired) electrons. The van der Waals surface area contributed by atoms with E-state index < -0.39 is 0 Å². The van der Waals surface area contributed by atoms with Crippen LogP contribution >= 0.6 is 0 Å². The molecule has 0 aliphatic rings. The molecule has 2 heteroatoms. The molecule has 11 aromatic carbocycles. The summed E-state index contributed by atoms with van der Waals surface area (Å²) < 4.78 is 2.44. The highest BCUT2D eigenvalue weighted by Gasteiger charge is 2.19. The number of hydrogen-bond donors (Lipinski definition) is 0. The monoisotopic (exact) mass is 814 g/mol. The third-order valence-electron chi connectivity index (χ3n) is 12.8. The van der Waals surface area contributed by atoms with Gasteiger partial charge in [0, 0.05) is 38.9 Å². The van der Waals surface area contributed by atoms with E-state index in [0.29, 0.717) is 0 Å². The summed E-state index contributed by atoms with van der Waals surface area (Å²) >= 11 is 0. The van der Waals surface area contributed by atoms with Crippen molar-refractivity contribution in [1.29, 1.82) is 0 Å². The van der Waals surface area contributed by atoms with E-state index in [0.717, 1.165) is 28.3 Å². The highest BCUT2D eigenvalue weighted by Crippen LogP contribution is 2.43. The topological polar surface area (TPSA) is 8.17 Å². The largest absolute Gasteiger partial charge is 0.310 e. The van der Waals surface area contributed by atoms with Crippen LogP contribution in [0.5, 0.6) is 0 Å². The fraction of sp³-hybridized carbons (Fsp3) is 0. The van der Waals surface area contributed by atoms with Crippen LogP contribution in [-0.2, 0) is 0 Å². The quantitative estimate of drug-likeness (QED) is 0.148. The summed E-state index contributed by atoms with van der Waals surface area (Å²) in [6.07, 6.45) is 0. The van der Waals surface area contributed by atoms with Gasteiger partial charge < -0.3 is 9.47 Å². The molecule has 0 fully saturated rings. The number of benzene rings is 11. The third-order valence-corrected chi connectivity index (χ3v) is 12.8. The number of anilines is 3. The minimum atomic E-state index is 1.08. The zero-order valence-corrected chi connectivity index (χ0v) is 35.1. The number of para-hydroxylation sites is 1. The first-order chi connectivity index (χ1) is 31.7. The molecule has 12 aromatic rings. The molecule has 0 unspecified atom stereocenters. The molecular weight excluding hydrogens is 773 g/mol. The Morgan fingerprint density at radius 1 is 0.266 bits per heavy atom. The van der Waals surface area contributed by atoms with Crippen LogP contribution in [0.4, 0.5) is 17.1 Å². The lowest BCUT2D eigenvalue weighted by Gasteiger charge is -2.27. The molecule has 64 heavy (non-hydrogen) atoms. The number of fused-ring (bicyclic) bond motifs is 6. The normalized spacial score (nSPS) is 11.4. The van der Waals surface area contributed by atoms with Crippen molar-refractivity contribution in [2.75, 3.05) is 4.90 Å². The van der Waals surface area contributed by atoms with Crippen molar-refractivity contribution in [3.63, 3.8) is 0 Å². The summed E-state index contributed by atoms with van der Waals surface area (Å²) in [6, 6.07) is 92.7. The maximum absolute atomic E-state index is 2.44. The maximum atomic E-state index is 2.44. The maximum Gasteiger partial charge on any atom is 0.0619 e. The first-order valence-electron chi connectivity index (χ1n) is 22.0. The van der Waals surface area contributed by atoms with E-state index in [2.05, 4.69) is 264 Å². The zero-order valence-electron chi connectivity index (χ0n) is 35.1. The van der Waals surface area contributed by atoms with E-state index in [1.807, 2.05) is 0 Å². The van der Waals surface area contributed by atoms with Crippen molar-refractivity contribution in [3.8, 4) is 50.2 Å². The first-order valence-corrected chi connectivity index (χ1v) is 22.0. The van der Waals surface area contributed by atoms with Gasteiger partial charge in [0.05, 0.1) is 11.0 Å². The van der Waals surface area contributed by atoms with Crippen LogP contribution in [0.1, 0.15) is 0 Å². The van der Waals surface area contributed by atoms with Crippen LogP contribution in [0.3, 0.4) is 0 Å². The van der Waals surface area contributed by atoms with Gasteiger partial charge in [-0.1, -0.05) is 194 Å². The summed E-state index contributed by atoms with van der Waals surface area (Å²) in [7, 11) is 0. The van der Waals surface area contributed by atoms with Gasteiger partial charge in [0.2, 0.25) is 0 Å². The standard InChI is InChI=1S/C62H42N2/c1-4-15-46(16-5-1)56-39-36-55(42-60(56)47-17-6-2-7-18-47)63(53-32-26-44(27-33-53)50-25-24-43-14-10-11-20-49(43)40-50)54-34-28-45(29-35-54)51-31-37-58-59-38-30-48-19-12-13-23-57(48)62(59)64(61(58)41-51)52-21-8-3-9-22-52/h1-42H. The fourth-order valence-corrected chi connectivity index (χ4v) is 9.62. The third kappa shape index (κ3) is 6.61. The van der Waals surface area contributed by atoms with E-state index in [-0.39, 0.29) is 0 Å². The molecule has 0 aliphatic carbocycles. The molecule has 0 atom stereocenters. The van der Waals surface area contributed by atoms with E-state index >= 15 is 0 Å². The molecule has 12 rings (SSSR count). The molecule has 0 amide bonds. The van der Waals surface area contributed by atoms with E-state index in [9.17, 15) is 0 Å². The average molecular weight is 815 g/mol. The second-order valence-electron chi connectivity index (χ2n) is 16.5. The van der Waals surface area contributed by atoms with Crippen LogP contribution in [0, 0.1) is 0 Å². The van der Waals surface area contributed by atoms with Crippen molar-refractivity contribution in [2.45, 2.75) is 0 Å². The minimum Gasteiger partial charge on any atom is -0.310 e. The van der Waals surface area contributed by atoms with Gasteiger partial charge in [-0.15, -0.1) is 0 Å². The molecule has 0 saturated heterocycles. The van der Waals surface area contributed by atoms with E-state index in [4.69, 9.17) is 0 Å². The molecule has 0 aliphatic heterocycles. The summed E-state index contributed by atoms with van der Waals surface area (Å²) in [5, 5.41) is 7.49. The Labute approximate surface area is 373 Å².